The van der Waals surface area contributed by atoms with Crippen LogP contribution in [0.2, 0.25) is 0 Å². The van der Waals surface area contributed by atoms with Crippen LogP contribution >= 0.6 is 12.2 Å². The van der Waals surface area contributed by atoms with Crippen LogP contribution in [0.15, 0.2) is 18.2 Å². The van der Waals surface area contributed by atoms with E-state index in [9.17, 15) is 4.79 Å². The molecule has 1 heterocycles. The molecule has 1 aromatic rings. The molecule has 19 heavy (non-hydrogen) atoms. The molecule has 1 aromatic carbocycles. The van der Waals surface area contributed by atoms with Gasteiger partial charge < -0.3 is 20.7 Å². The molecule has 1 atom stereocenters. The fourth-order valence-electron chi connectivity index (χ4n) is 1.87. The topological polar surface area (TPSA) is 62.4 Å². The summed E-state index contributed by atoms with van der Waals surface area (Å²) in [5.74, 6) is 0.544. The van der Waals surface area contributed by atoms with E-state index in [0.717, 1.165) is 5.69 Å². The van der Waals surface area contributed by atoms with Gasteiger partial charge in [-0.1, -0.05) is 0 Å². The first-order valence-electron chi connectivity index (χ1n) is 6.31. The average molecular weight is 277 g/mol. The minimum absolute atomic E-state index is 0.136. The van der Waals surface area contributed by atoms with Gasteiger partial charge in [-0.25, -0.2) is 0 Å². The van der Waals surface area contributed by atoms with Gasteiger partial charge in [-0.15, -0.1) is 0 Å². The molecular weight excluding hydrogens is 262 g/mol. The van der Waals surface area contributed by atoms with Gasteiger partial charge in [0.1, 0.15) is 5.75 Å². The van der Waals surface area contributed by atoms with Gasteiger partial charge in [0, 0.05) is 11.7 Å². The predicted octanol–water partition coefficient (Wildman–Crippen LogP) is 1.85. The Bertz CT molecular complexity index is 543. The number of ether oxygens (including phenoxy) is 1. The average Bonchev–Trinajstić information content (AvgIpc) is 3.15. The van der Waals surface area contributed by atoms with Crippen molar-refractivity contribution >= 4 is 34.6 Å². The summed E-state index contributed by atoms with van der Waals surface area (Å²) in [4.78, 5) is 11.5. The first-order chi connectivity index (χ1) is 9.11. The van der Waals surface area contributed by atoms with E-state index in [4.69, 9.17) is 17.0 Å². The number of carbonyl (C=O) groups excluding carboxylic acids is 1. The van der Waals surface area contributed by atoms with Gasteiger partial charge in [0.15, 0.2) is 11.2 Å². The Morgan fingerprint density at radius 1 is 1.47 bits per heavy atom. The fourth-order valence-corrected chi connectivity index (χ4v) is 2.15. The van der Waals surface area contributed by atoms with E-state index in [1.54, 1.807) is 6.92 Å². The molecule has 0 aromatic heterocycles. The molecule has 0 unspecified atom stereocenters. The number of thiocarbonyl (C=S) groups is 1. The summed E-state index contributed by atoms with van der Waals surface area (Å²) in [6.45, 7) is 1.72. The van der Waals surface area contributed by atoms with Crippen LogP contribution in [0.25, 0.3) is 0 Å². The van der Waals surface area contributed by atoms with Crippen LogP contribution in [0, 0.1) is 0 Å². The van der Waals surface area contributed by atoms with Gasteiger partial charge in [0.25, 0.3) is 5.91 Å². The highest BCUT2D eigenvalue weighted by Crippen LogP contribution is 2.32. The molecule has 100 valence electrons. The Kier molecular flexibility index (Phi) is 3.02. The molecule has 1 aliphatic carbocycles. The largest absolute Gasteiger partial charge is 0.479 e. The zero-order valence-corrected chi connectivity index (χ0v) is 11.3. The molecule has 2 aliphatic rings. The Hall–Kier alpha value is -1.82. The number of carbonyl (C=O) groups is 1. The van der Waals surface area contributed by atoms with Crippen LogP contribution in [0.4, 0.5) is 11.4 Å². The van der Waals surface area contributed by atoms with Crippen molar-refractivity contribution in [2.24, 2.45) is 0 Å². The lowest BCUT2D eigenvalue weighted by atomic mass is 10.2. The van der Waals surface area contributed by atoms with Crippen molar-refractivity contribution in [2.45, 2.75) is 31.9 Å². The van der Waals surface area contributed by atoms with Gasteiger partial charge in [0.05, 0.1) is 5.69 Å². The molecule has 1 saturated carbocycles. The van der Waals surface area contributed by atoms with E-state index >= 15 is 0 Å². The van der Waals surface area contributed by atoms with Crippen molar-refractivity contribution in [1.29, 1.82) is 0 Å². The smallest absolute Gasteiger partial charge is 0.265 e. The van der Waals surface area contributed by atoms with Crippen molar-refractivity contribution in [3.05, 3.63) is 18.2 Å². The highest BCUT2D eigenvalue weighted by atomic mass is 32.1. The quantitative estimate of drug-likeness (QED) is 0.720. The molecule has 3 N–H and O–H groups in total. The summed E-state index contributed by atoms with van der Waals surface area (Å²) in [6.07, 6.45) is 1.89. The van der Waals surface area contributed by atoms with Crippen molar-refractivity contribution in [3.63, 3.8) is 0 Å². The lowest BCUT2D eigenvalue weighted by molar-refractivity contribution is -0.122. The number of anilines is 2. The molecule has 1 amide bonds. The van der Waals surface area contributed by atoms with Crippen molar-refractivity contribution < 1.29 is 9.53 Å². The van der Waals surface area contributed by atoms with Crippen LogP contribution in [0.3, 0.4) is 0 Å². The van der Waals surface area contributed by atoms with Gasteiger partial charge in [-0.3, -0.25) is 4.79 Å². The summed E-state index contributed by atoms with van der Waals surface area (Å²) in [6, 6.07) is 6.04. The van der Waals surface area contributed by atoms with E-state index in [1.165, 1.54) is 12.8 Å². The second-order valence-electron chi connectivity index (χ2n) is 4.83. The van der Waals surface area contributed by atoms with E-state index in [1.807, 2.05) is 18.2 Å². The maximum atomic E-state index is 11.5. The molecule has 0 radical (unpaired) electrons. The second-order valence-corrected chi connectivity index (χ2v) is 5.24. The molecule has 1 fully saturated rings. The first kappa shape index (κ1) is 12.2. The van der Waals surface area contributed by atoms with E-state index in [-0.39, 0.29) is 5.91 Å². The van der Waals surface area contributed by atoms with Gasteiger partial charge in [-0.05, 0) is 50.2 Å². The monoisotopic (exact) mass is 277 g/mol. The summed E-state index contributed by atoms with van der Waals surface area (Å²) in [7, 11) is 0. The van der Waals surface area contributed by atoms with Crippen LogP contribution in [0.5, 0.6) is 5.75 Å². The highest BCUT2D eigenvalue weighted by molar-refractivity contribution is 7.80. The number of nitrogens with one attached hydrogen (secondary N) is 3. The number of hydrogen-bond acceptors (Lipinski definition) is 3. The zero-order valence-electron chi connectivity index (χ0n) is 10.5. The number of fused-ring (bicyclic) bond motifs is 1. The third-order valence-electron chi connectivity index (χ3n) is 3.08. The SMILES string of the molecule is C[C@H]1Oc2ccc(NC(=S)NC3CC3)cc2NC1=O. The maximum absolute atomic E-state index is 11.5. The molecule has 0 saturated heterocycles. The molecule has 6 heteroatoms. The molecular formula is C13H15N3O2S. The summed E-state index contributed by atoms with van der Waals surface area (Å²) < 4.78 is 5.49. The predicted molar refractivity (Wildman–Crippen MR) is 77.5 cm³/mol. The van der Waals surface area contributed by atoms with Crippen LogP contribution in [-0.4, -0.2) is 23.2 Å². The van der Waals surface area contributed by atoms with Crippen molar-refractivity contribution in [2.75, 3.05) is 10.6 Å². The second kappa shape index (κ2) is 4.70. The Morgan fingerprint density at radius 3 is 3.00 bits per heavy atom. The first-order valence-corrected chi connectivity index (χ1v) is 6.72. The third-order valence-corrected chi connectivity index (χ3v) is 3.30. The zero-order chi connectivity index (χ0) is 13.4. The molecule has 0 bridgehead atoms. The molecule has 3 rings (SSSR count). The summed E-state index contributed by atoms with van der Waals surface area (Å²) in [5.41, 5.74) is 1.50. The van der Waals surface area contributed by atoms with Gasteiger partial charge in [0.2, 0.25) is 0 Å². The molecule has 5 nitrogen and oxygen atoms in total. The maximum Gasteiger partial charge on any atom is 0.265 e. The molecule has 0 spiro atoms. The fraction of sp³-hybridized carbons (Fsp3) is 0.385. The standard InChI is InChI=1S/C13H15N3O2S/c1-7-12(17)16-10-6-9(4-5-11(10)18-7)15-13(19)14-8-2-3-8/h4-8H,2-3H2,1H3,(H,16,17)(H2,14,15,19)/t7-/m1/s1. The third kappa shape index (κ3) is 2.78. The molecule has 1 aliphatic heterocycles. The van der Waals surface area contributed by atoms with Crippen molar-refractivity contribution in [3.8, 4) is 5.75 Å². The number of amides is 1. The number of benzene rings is 1. The Morgan fingerprint density at radius 2 is 2.26 bits per heavy atom. The number of hydrogen-bond donors (Lipinski definition) is 3. The van der Waals surface area contributed by atoms with Gasteiger partial charge in [-0.2, -0.15) is 0 Å². The van der Waals surface area contributed by atoms with Crippen LogP contribution < -0.4 is 20.7 Å². The van der Waals surface area contributed by atoms with E-state index < -0.39 is 6.10 Å². The van der Waals surface area contributed by atoms with Crippen LogP contribution in [0.1, 0.15) is 19.8 Å². The lowest BCUT2D eigenvalue weighted by Gasteiger charge is -2.23. The highest BCUT2D eigenvalue weighted by Gasteiger charge is 2.24. The Labute approximate surface area is 116 Å². The minimum Gasteiger partial charge on any atom is -0.479 e. The normalized spacial score (nSPS) is 20.9. The summed E-state index contributed by atoms with van der Waals surface area (Å²) >= 11 is 5.21. The summed E-state index contributed by atoms with van der Waals surface area (Å²) in [5, 5.41) is 9.72. The van der Waals surface area contributed by atoms with E-state index in [0.29, 0.717) is 22.6 Å². The van der Waals surface area contributed by atoms with Crippen molar-refractivity contribution in [1.82, 2.24) is 5.32 Å². The minimum atomic E-state index is -0.455. The van der Waals surface area contributed by atoms with E-state index in [2.05, 4.69) is 16.0 Å². The van der Waals surface area contributed by atoms with Gasteiger partial charge >= 0.3 is 0 Å². The number of rotatable bonds is 2. The van der Waals surface area contributed by atoms with Crippen LogP contribution in [-0.2, 0) is 4.79 Å². The lowest BCUT2D eigenvalue weighted by Crippen LogP contribution is -2.34. The Balaban J connectivity index is 1.71.